The van der Waals surface area contributed by atoms with Gasteiger partial charge in [-0.15, -0.1) is 11.8 Å². The van der Waals surface area contributed by atoms with Crippen LogP contribution in [-0.2, 0) is 80.9 Å². The van der Waals surface area contributed by atoms with Crippen LogP contribution in [0.3, 0.4) is 0 Å². The number of carbonyl (C=O) groups is 7. The summed E-state index contributed by atoms with van der Waals surface area (Å²) >= 11 is 1.21. The van der Waals surface area contributed by atoms with Gasteiger partial charge in [0.25, 0.3) is 0 Å². The monoisotopic (exact) mass is 680 g/mol. The molecule has 0 aromatic heterocycles. The summed E-state index contributed by atoms with van der Waals surface area (Å²) < 4.78 is 56.1. The van der Waals surface area contributed by atoms with Gasteiger partial charge in [0.05, 0.1) is 0 Å². The largest absolute Gasteiger partial charge is 0.463 e. The van der Waals surface area contributed by atoms with Gasteiger partial charge in [0.15, 0.2) is 36.8 Å². The van der Waals surface area contributed by atoms with E-state index in [-0.39, 0.29) is 0 Å². The summed E-state index contributed by atoms with van der Waals surface area (Å²) in [5, 5.41) is 0. The number of carbonyl (C=O) groups excluding carboxylic acids is 7. The second-order valence-corrected chi connectivity index (χ2v) is 11.5. The van der Waals surface area contributed by atoms with E-state index in [9.17, 15) is 33.6 Å². The molecule has 46 heavy (non-hydrogen) atoms. The fourth-order valence-corrected chi connectivity index (χ4v) is 5.72. The highest BCUT2D eigenvalue weighted by molar-refractivity contribution is 7.99. The Morgan fingerprint density at radius 3 is 1.33 bits per heavy atom. The highest BCUT2D eigenvalue weighted by Crippen LogP contribution is 2.37. The van der Waals surface area contributed by atoms with Crippen molar-refractivity contribution in [2.75, 3.05) is 19.0 Å². The van der Waals surface area contributed by atoms with Crippen LogP contribution in [0.5, 0.6) is 0 Å². The molecule has 2 aliphatic heterocycles. The van der Waals surface area contributed by atoms with Crippen molar-refractivity contribution in [3.05, 3.63) is 0 Å². The van der Waals surface area contributed by atoms with Crippen LogP contribution in [0.15, 0.2) is 0 Å². The average molecular weight is 681 g/mol. The predicted octanol–water partition coefficient (Wildman–Crippen LogP) is 0.359. The highest BCUT2D eigenvalue weighted by atomic mass is 32.2. The zero-order chi connectivity index (χ0) is 34.7. The minimum Gasteiger partial charge on any atom is -0.463 e. The van der Waals surface area contributed by atoms with E-state index in [4.69, 9.17) is 47.4 Å². The van der Waals surface area contributed by atoms with E-state index in [0.717, 1.165) is 48.5 Å². The van der Waals surface area contributed by atoms with Gasteiger partial charge in [0.1, 0.15) is 37.0 Å². The Hall–Kier alpha value is -3.48. The summed E-state index contributed by atoms with van der Waals surface area (Å²) in [5.74, 6) is -5.06. The van der Waals surface area contributed by atoms with Crippen molar-refractivity contribution in [3.63, 3.8) is 0 Å². The van der Waals surface area contributed by atoms with Gasteiger partial charge in [0.2, 0.25) is 0 Å². The van der Waals surface area contributed by atoms with Gasteiger partial charge in [-0.3, -0.25) is 33.6 Å². The van der Waals surface area contributed by atoms with E-state index in [2.05, 4.69) is 0 Å². The molecule has 0 bridgehead atoms. The lowest BCUT2D eigenvalue weighted by Crippen LogP contribution is -2.66. The van der Waals surface area contributed by atoms with Crippen molar-refractivity contribution in [1.29, 1.82) is 0 Å². The standard InChI is InChI=1S/C28H40O17S/c1-9-46-28-26(42-18(8)35)24(40-16(6)33)22(20(44-28)11-37-13(3)30)45-27-25(41-17(7)34)23(39-15(5)32)21(38-14(4)31)19(43-27)10-36-12(2)29/h19-28H,9-11H2,1-8H3/t19?,20?,21-,22?,23?,24?,25?,26?,27-,28+/m1/s1. The SMILES string of the molecule is CCS[C@@H]1OC(COC(C)=O)C(O[C@H]2OC(COC(C)=O)[C@@H](OC(C)=O)C(OC(C)=O)C2OC(C)=O)C(OC(C)=O)C1OC(C)=O. The zero-order valence-corrected chi connectivity index (χ0v) is 27.6. The minimum atomic E-state index is -1.72. The predicted molar refractivity (Wildman–Crippen MR) is 151 cm³/mol. The average Bonchev–Trinajstić information content (AvgIpc) is 2.91. The Morgan fingerprint density at radius 2 is 0.891 bits per heavy atom. The lowest BCUT2D eigenvalue weighted by Gasteiger charge is -2.48. The van der Waals surface area contributed by atoms with Crippen LogP contribution in [0.25, 0.3) is 0 Å². The third kappa shape index (κ3) is 11.7. The Balaban J connectivity index is 2.70. The zero-order valence-electron chi connectivity index (χ0n) is 26.7. The molecule has 10 atom stereocenters. The first kappa shape index (κ1) is 38.7. The van der Waals surface area contributed by atoms with E-state index < -0.39 is 116 Å². The topological polar surface area (TPSA) is 212 Å². The van der Waals surface area contributed by atoms with Gasteiger partial charge in [-0.2, -0.15) is 0 Å². The number of rotatable bonds is 13. The molecule has 0 radical (unpaired) electrons. The Bertz CT molecular complexity index is 1130. The summed E-state index contributed by atoms with van der Waals surface area (Å²) in [4.78, 5) is 84.5. The fourth-order valence-electron chi connectivity index (χ4n) is 4.77. The van der Waals surface area contributed by atoms with Gasteiger partial charge >= 0.3 is 41.8 Å². The second-order valence-electron chi connectivity index (χ2n) is 10.1. The number of hydrogen-bond acceptors (Lipinski definition) is 18. The van der Waals surface area contributed by atoms with Crippen LogP contribution >= 0.6 is 11.8 Å². The molecule has 2 fully saturated rings. The van der Waals surface area contributed by atoms with Crippen molar-refractivity contribution in [2.24, 2.45) is 0 Å². The summed E-state index contributed by atoms with van der Waals surface area (Å²) in [6, 6.07) is 0. The second kappa shape index (κ2) is 18.0. The smallest absolute Gasteiger partial charge is 0.303 e. The van der Waals surface area contributed by atoms with Gasteiger partial charge in [0, 0.05) is 48.5 Å². The molecule has 2 heterocycles. The third-order valence-corrected chi connectivity index (χ3v) is 7.26. The van der Waals surface area contributed by atoms with Crippen LogP contribution in [0.1, 0.15) is 55.4 Å². The maximum Gasteiger partial charge on any atom is 0.303 e. The molecule has 0 aliphatic carbocycles. The van der Waals surface area contributed by atoms with Crippen molar-refractivity contribution in [3.8, 4) is 0 Å². The number of ether oxygens (including phenoxy) is 10. The molecule has 260 valence electrons. The quantitative estimate of drug-likeness (QED) is 0.190. The fraction of sp³-hybridized carbons (Fsp3) is 0.750. The van der Waals surface area contributed by atoms with Crippen LogP contribution < -0.4 is 0 Å². The van der Waals surface area contributed by atoms with Crippen molar-refractivity contribution < 1.29 is 80.9 Å². The molecule has 0 amide bonds. The molecule has 7 unspecified atom stereocenters. The summed E-state index contributed by atoms with van der Waals surface area (Å²) in [5.41, 5.74) is -0.922. The van der Waals surface area contributed by atoms with E-state index in [0.29, 0.717) is 5.75 Å². The molecular formula is C28H40O17S. The summed E-state index contributed by atoms with van der Waals surface area (Å²) in [6.07, 6.45) is -13.1. The first-order chi connectivity index (χ1) is 21.5. The number of hydrogen-bond donors (Lipinski definition) is 0. The van der Waals surface area contributed by atoms with Gasteiger partial charge < -0.3 is 47.4 Å². The normalized spacial score (nSPS) is 30.6. The van der Waals surface area contributed by atoms with Crippen molar-refractivity contribution in [1.82, 2.24) is 0 Å². The Morgan fingerprint density at radius 1 is 0.500 bits per heavy atom. The molecule has 0 N–H and O–H groups in total. The number of esters is 7. The summed E-state index contributed by atoms with van der Waals surface area (Å²) in [6.45, 7) is 8.52. The van der Waals surface area contributed by atoms with Crippen molar-refractivity contribution in [2.45, 2.75) is 116 Å². The van der Waals surface area contributed by atoms with Crippen LogP contribution in [0, 0.1) is 0 Å². The first-order valence-corrected chi connectivity index (χ1v) is 15.3. The van der Waals surface area contributed by atoms with Gasteiger partial charge in [-0.05, 0) is 5.75 Å². The maximum absolute atomic E-state index is 12.3. The lowest BCUT2D eigenvalue weighted by molar-refractivity contribution is -0.341. The Kier molecular flexibility index (Phi) is 15.2. The molecule has 0 spiro atoms. The van der Waals surface area contributed by atoms with E-state index in [1.807, 2.05) is 0 Å². The minimum absolute atomic E-state index is 0.434. The van der Waals surface area contributed by atoms with E-state index >= 15 is 0 Å². The van der Waals surface area contributed by atoms with Crippen LogP contribution in [-0.4, -0.2) is 121 Å². The van der Waals surface area contributed by atoms with Gasteiger partial charge in [-0.1, -0.05) is 6.92 Å². The molecule has 0 saturated carbocycles. The molecule has 18 heteroatoms. The summed E-state index contributed by atoms with van der Waals surface area (Å²) in [7, 11) is 0. The first-order valence-electron chi connectivity index (χ1n) is 14.2. The highest BCUT2D eigenvalue weighted by Gasteiger charge is 2.57. The van der Waals surface area contributed by atoms with Crippen LogP contribution in [0.2, 0.25) is 0 Å². The van der Waals surface area contributed by atoms with Gasteiger partial charge in [-0.25, -0.2) is 0 Å². The molecule has 0 aromatic carbocycles. The molecule has 0 aromatic rings. The lowest BCUT2D eigenvalue weighted by atomic mass is 9.96. The Labute approximate surface area is 269 Å². The number of thioether (sulfide) groups is 1. The maximum atomic E-state index is 12.3. The van der Waals surface area contributed by atoms with Crippen LogP contribution in [0.4, 0.5) is 0 Å². The molecule has 2 saturated heterocycles. The molecule has 17 nitrogen and oxygen atoms in total. The van der Waals surface area contributed by atoms with E-state index in [1.165, 1.54) is 11.8 Å². The molecular weight excluding hydrogens is 640 g/mol. The van der Waals surface area contributed by atoms with Crippen molar-refractivity contribution >= 4 is 53.5 Å². The van der Waals surface area contributed by atoms with E-state index in [1.54, 1.807) is 6.92 Å². The molecule has 2 aliphatic rings. The molecule has 2 rings (SSSR count). The third-order valence-electron chi connectivity index (χ3n) is 6.22.